The van der Waals surface area contributed by atoms with Crippen LogP contribution in [0.15, 0.2) is 59.5 Å². The Morgan fingerprint density at radius 3 is 2.23 bits per heavy atom. The lowest BCUT2D eigenvalue weighted by atomic mass is 9.95. The summed E-state index contributed by atoms with van der Waals surface area (Å²) in [6, 6.07) is 16.6. The van der Waals surface area contributed by atoms with Crippen LogP contribution in [0.3, 0.4) is 0 Å². The number of ether oxygens (including phenoxy) is 1. The molecule has 168 valence electrons. The molecule has 0 N–H and O–H groups in total. The fourth-order valence-corrected chi connectivity index (χ4v) is 5.37. The molecular weight excluding hydrogens is 412 g/mol. The molecule has 1 saturated heterocycles. The second-order valence-electron chi connectivity index (χ2n) is 8.13. The Kier molecular flexibility index (Phi) is 7.73. The predicted molar refractivity (Wildman–Crippen MR) is 121 cm³/mol. The lowest BCUT2D eigenvalue weighted by molar-refractivity contribution is -0.139. The van der Waals surface area contributed by atoms with Gasteiger partial charge in [-0.1, -0.05) is 30.3 Å². The number of hydrogen-bond donors (Lipinski definition) is 0. The number of rotatable bonds is 8. The second-order valence-corrected chi connectivity index (χ2v) is 10.1. The Morgan fingerprint density at radius 1 is 1.06 bits per heavy atom. The summed E-state index contributed by atoms with van der Waals surface area (Å²) in [6.07, 6.45) is 1.07. The fourth-order valence-electron chi connectivity index (χ4n) is 3.90. The van der Waals surface area contributed by atoms with Crippen molar-refractivity contribution in [1.29, 1.82) is 0 Å². The highest BCUT2D eigenvalue weighted by Crippen LogP contribution is 2.27. The highest BCUT2D eigenvalue weighted by molar-refractivity contribution is 7.89. The van der Waals surface area contributed by atoms with Crippen LogP contribution in [0.25, 0.3) is 0 Å². The van der Waals surface area contributed by atoms with Crippen molar-refractivity contribution in [1.82, 2.24) is 9.21 Å². The Balaban J connectivity index is 1.63. The van der Waals surface area contributed by atoms with Crippen molar-refractivity contribution in [3.8, 4) is 5.75 Å². The summed E-state index contributed by atoms with van der Waals surface area (Å²) in [6.45, 7) is 7.73. The van der Waals surface area contributed by atoms with Gasteiger partial charge >= 0.3 is 0 Å². The molecule has 0 radical (unpaired) electrons. The van der Waals surface area contributed by atoms with Crippen LogP contribution >= 0.6 is 0 Å². The maximum Gasteiger partial charge on any atom is 0.243 e. The average Bonchev–Trinajstić information content (AvgIpc) is 2.78. The molecule has 0 aromatic heterocycles. The summed E-state index contributed by atoms with van der Waals surface area (Å²) in [5.41, 5.74) is 1.10. The number of nitrogens with zero attached hydrogens (tertiary/aromatic N) is 2. The molecule has 1 amide bonds. The Hall–Kier alpha value is -2.38. The zero-order chi connectivity index (χ0) is 22.4. The average molecular weight is 445 g/mol. The topological polar surface area (TPSA) is 66.9 Å². The third-order valence-electron chi connectivity index (χ3n) is 5.68. The molecule has 0 saturated carbocycles. The molecule has 7 heteroatoms. The molecule has 0 atom stereocenters. The maximum absolute atomic E-state index is 13.2. The first-order valence-electron chi connectivity index (χ1n) is 10.9. The van der Waals surface area contributed by atoms with E-state index < -0.39 is 10.0 Å². The summed E-state index contributed by atoms with van der Waals surface area (Å²) in [7, 11) is -3.58. The van der Waals surface area contributed by atoms with E-state index in [0.29, 0.717) is 44.8 Å². The van der Waals surface area contributed by atoms with Gasteiger partial charge in [0.25, 0.3) is 0 Å². The first-order valence-corrected chi connectivity index (χ1v) is 12.3. The van der Waals surface area contributed by atoms with Crippen molar-refractivity contribution >= 4 is 15.9 Å². The van der Waals surface area contributed by atoms with Gasteiger partial charge in [-0.3, -0.25) is 4.79 Å². The van der Waals surface area contributed by atoms with Crippen LogP contribution in [0, 0.1) is 5.92 Å². The first-order chi connectivity index (χ1) is 14.8. The van der Waals surface area contributed by atoms with E-state index in [1.807, 2.05) is 56.0 Å². The number of piperidine rings is 1. The van der Waals surface area contributed by atoms with E-state index in [-0.39, 0.29) is 22.8 Å². The highest BCUT2D eigenvalue weighted by Gasteiger charge is 2.34. The van der Waals surface area contributed by atoms with Crippen LogP contribution in [0.1, 0.15) is 39.2 Å². The Bertz CT molecular complexity index is 951. The normalized spacial score (nSPS) is 15.7. The first kappa shape index (κ1) is 23.3. The smallest absolute Gasteiger partial charge is 0.243 e. The van der Waals surface area contributed by atoms with Crippen LogP contribution in [-0.4, -0.2) is 49.3 Å². The van der Waals surface area contributed by atoms with Gasteiger partial charge in [0.2, 0.25) is 15.9 Å². The third-order valence-corrected chi connectivity index (χ3v) is 7.59. The van der Waals surface area contributed by atoms with Crippen molar-refractivity contribution in [2.24, 2.45) is 5.92 Å². The Morgan fingerprint density at radius 2 is 1.68 bits per heavy atom. The summed E-state index contributed by atoms with van der Waals surface area (Å²) in [4.78, 5) is 15.4. The standard InChI is InChI=1S/C24H32N2O4S/c1-4-30-22-10-12-23(13-11-22)31(28,29)25-16-14-21(15-17-25)24(27)26(19(2)3)18-20-8-6-5-7-9-20/h5-13,19,21H,4,14-18H2,1-3H3. The highest BCUT2D eigenvalue weighted by atomic mass is 32.2. The number of hydrogen-bond acceptors (Lipinski definition) is 4. The van der Waals surface area contributed by atoms with E-state index in [2.05, 4.69) is 0 Å². The van der Waals surface area contributed by atoms with Gasteiger partial charge in [0.05, 0.1) is 11.5 Å². The molecule has 0 spiro atoms. The molecule has 6 nitrogen and oxygen atoms in total. The maximum atomic E-state index is 13.2. The van der Waals surface area contributed by atoms with Crippen LogP contribution in [0.5, 0.6) is 5.75 Å². The van der Waals surface area contributed by atoms with Gasteiger partial charge < -0.3 is 9.64 Å². The zero-order valence-corrected chi connectivity index (χ0v) is 19.3. The lowest BCUT2D eigenvalue weighted by Gasteiger charge is -2.35. The summed E-state index contributed by atoms with van der Waals surface area (Å²) >= 11 is 0. The van der Waals surface area contributed by atoms with Gasteiger partial charge in [-0.25, -0.2) is 8.42 Å². The van der Waals surface area contributed by atoms with Crippen LogP contribution in [0.2, 0.25) is 0 Å². The summed E-state index contributed by atoms with van der Waals surface area (Å²) < 4.78 is 32.9. The second kappa shape index (κ2) is 10.3. The monoisotopic (exact) mass is 444 g/mol. The molecule has 31 heavy (non-hydrogen) atoms. The molecule has 0 unspecified atom stereocenters. The number of benzene rings is 2. The number of amides is 1. The van der Waals surface area contributed by atoms with E-state index in [0.717, 1.165) is 5.56 Å². The van der Waals surface area contributed by atoms with Crippen LogP contribution in [0.4, 0.5) is 0 Å². The van der Waals surface area contributed by atoms with E-state index in [1.165, 1.54) is 4.31 Å². The number of sulfonamides is 1. The van der Waals surface area contributed by atoms with Crippen LogP contribution < -0.4 is 4.74 Å². The van der Waals surface area contributed by atoms with Crippen LogP contribution in [-0.2, 0) is 21.4 Å². The quantitative estimate of drug-likeness (QED) is 0.619. The van der Waals surface area contributed by atoms with Crippen molar-refractivity contribution in [2.75, 3.05) is 19.7 Å². The zero-order valence-electron chi connectivity index (χ0n) is 18.5. The lowest BCUT2D eigenvalue weighted by Crippen LogP contribution is -2.46. The predicted octanol–water partition coefficient (Wildman–Crippen LogP) is 3.92. The fraction of sp³-hybridized carbons (Fsp3) is 0.458. The molecule has 2 aromatic carbocycles. The molecule has 2 aromatic rings. The summed E-state index contributed by atoms with van der Waals surface area (Å²) in [5.74, 6) is 0.604. The number of carbonyl (C=O) groups excluding carboxylic acids is 1. The molecule has 0 bridgehead atoms. The Labute approximate surface area is 185 Å². The van der Waals surface area contributed by atoms with Crippen molar-refractivity contribution in [2.45, 2.75) is 51.1 Å². The van der Waals surface area contributed by atoms with E-state index in [1.54, 1.807) is 24.3 Å². The SMILES string of the molecule is CCOc1ccc(S(=O)(=O)N2CCC(C(=O)N(Cc3ccccc3)C(C)C)CC2)cc1. The third kappa shape index (κ3) is 5.66. The molecule has 0 aliphatic carbocycles. The minimum Gasteiger partial charge on any atom is -0.494 e. The van der Waals surface area contributed by atoms with Gasteiger partial charge in [-0.15, -0.1) is 0 Å². The van der Waals surface area contributed by atoms with E-state index in [9.17, 15) is 13.2 Å². The molecular formula is C24H32N2O4S. The van der Waals surface area contributed by atoms with Crippen molar-refractivity contribution in [3.63, 3.8) is 0 Å². The van der Waals surface area contributed by atoms with Gasteiger partial charge in [-0.2, -0.15) is 4.31 Å². The molecule has 1 aliphatic heterocycles. The van der Waals surface area contributed by atoms with Crippen molar-refractivity contribution < 1.29 is 17.9 Å². The molecule has 1 fully saturated rings. The minimum absolute atomic E-state index is 0.0818. The van der Waals surface area contributed by atoms with Gasteiger partial charge in [0.15, 0.2) is 0 Å². The molecule has 3 rings (SSSR count). The van der Waals surface area contributed by atoms with Gasteiger partial charge in [0, 0.05) is 31.6 Å². The van der Waals surface area contributed by atoms with Crippen molar-refractivity contribution in [3.05, 3.63) is 60.2 Å². The molecule has 1 heterocycles. The number of carbonyl (C=O) groups is 1. The van der Waals surface area contributed by atoms with E-state index >= 15 is 0 Å². The van der Waals surface area contributed by atoms with Gasteiger partial charge in [-0.05, 0) is 63.4 Å². The minimum atomic E-state index is -3.58. The molecule has 1 aliphatic rings. The van der Waals surface area contributed by atoms with Gasteiger partial charge in [0.1, 0.15) is 5.75 Å². The largest absolute Gasteiger partial charge is 0.494 e. The summed E-state index contributed by atoms with van der Waals surface area (Å²) in [5, 5.41) is 0. The van der Waals surface area contributed by atoms with E-state index in [4.69, 9.17) is 4.74 Å².